The summed E-state index contributed by atoms with van der Waals surface area (Å²) in [6.45, 7) is 9.04. The molecule has 0 radical (unpaired) electrons. The minimum absolute atomic E-state index is 0.147. The second-order valence-corrected chi connectivity index (χ2v) is 5.43. The molecule has 0 aliphatic rings. The second-order valence-electron chi connectivity index (χ2n) is 5.43. The molecule has 0 unspecified atom stereocenters. The predicted octanol–water partition coefficient (Wildman–Crippen LogP) is 3.38. The van der Waals surface area contributed by atoms with Gasteiger partial charge in [0.15, 0.2) is 0 Å². The number of rotatable bonds is 5. The molecule has 0 aliphatic carbocycles. The molecule has 2 rings (SSSR count). The maximum absolute atomic E-state index is 11.4. The molecule has 1 aromatic carbocycles. The first-order valence-corrected chi connectivity index (χ1v) is 6.85. The first-order valence-electron chi connectivity index (χ1n) is 6.85. The lowest BCUT2D eigenvalue weighted by molar-refractivity contribution is 0.0654. The number of nitrogens with zero attached hydrogens (tertiary/aromatic N) is 1. The smallest absolute Gasteiger partial charge is 0.352 e. The number of hydrogen-bond acceptors (Lipinski definition) is 2. The van der Waals surface area contributed by atoms with E-state index in [4.69, 9.17) is 4.74 Å². The first kappa shape index (κ1) is 14.6. The molecule has 0 saturated carbocycles. The Morgan fingerprint density at radius 2 is 2.00 bits per heavy atom. The summed E-state index contributed by atoms with van der Waals surface area (Å²) in [6, 6.07) is 5.84. The van der Waals surface area contributed by atoms with Gasteiger partial charge in [-0.2, -0.15) is 0 Å². The van der Waals surface area contributed by atoms with Crippen molar-refractivity contribution in [2.45, 2.75) is 40.3 Å². The Bertz CT molecular complexity index is 641. The third-order valence-corrected chi connectivity index (χ3v) is 3.31. The lowest BCUT2D eigenvalue weighted by atomic mass is 10.1. The predicted molar refractivity (Wildman–Crippen MR) is 79.5 cm³/mol. The highest BCUT2D eigenvalue weighted by atomic mass is 16.5. The molecule has 1 heterocycles. The van der Waals surface area contributed by atoms with E-state index in [-0.39, 0.29) is 6.10 Å². The van der Waals surface area contributed by atoms with Gasteiger partial charge in [-0.05, 0) is 45.4 Å². The molecule has 1 N–H and O–H groups in total. The van der Waals surface area contributed by atoms with Crippen molar-refractivity contribution < 1.29 is 14.6 Å². The summed E-state index contributed by atoms with van der Waals surface area (Å²) in [4.78, 5) is 11.4. The zero-order valence-electron chi connectivity index (χ0n) is 12.4. The summed E-state index contributed by atoms with van der Waals surface area (Å²) < 4.78 is 7.39. The van der Waals surface area contributed by atoms with Crippen LogP contribution in [-0.4, -0.2) is 28.4 Å². The highest BCUT2D eigenvalue weighted by Gasteiger charge is 2.16. The van der Waals surface area contributed by atoms with Crippen molar-refractivity contribution in [3.63, 3.8) is 0 Å². The van der Waals surface area contributed by atoms with E-state index in [1.165, 1.54) is 0 Å². The van der Waals surface area contributed by atoms with Gasteiger partial charge in [0.05, 0.1) is 18.2 Å². The minimum Gasteiger partial charge on any atom is -0.477 e. The van der Waals surface area contributed by atoms with E-state index >= 15 is 0 Å². The summed E-state index contributed by atoms with van der Waals surface area (Å²) in [7, 11) is 0. The van der Waals surface area contributed by atoms with Gasteiger partial charge in [-0.15, -0.1) is 0 Å². The summed E-state index contributed by atoms with van der Waals surface area (Å²) >= 11 is 0. The number of benzene rings is 1. The third kappa shape index (κ3) is 2.85. The summed E-state index contributed by atoms with van der Waals surface area (Å²) in [5.41, 5.74) is 3.54. The van der Waals surface area contributed by atoms with E-state index in [9.17, 15) is 9.90 Å². The van der Waals surface area contributed by atoms with Crippen molar-refractivity contribution in [2.75, 3.05) is 6.61 Å². The zero-order valence-corrected chi connectivity index (χ0v) is 12.4. The highest BCUT2D eigenvalue weighted by Crippen LogP contribution is 2.25. The fourth-order valence-corrected chi connectivity index (χ4v) is 2.61. The van der Waals surface area contributed by atoms with Gasteiger partial charge < -0.3 is 14.4 Å². The Balaban J connectivity index is 2.48. The van der Waals surface area contributed by atoms with Gasteiger partial charge in [0.1, 0.15) is 5.69 Å². The van der Waals surface area contributed by atoms with Gasteiger partial charge in [-0.1, -0.05) is 11.6 Å². The Labute approximate surface area is 119 Å². The second kappa shape index (κ2) is 5.67. The van der Waals surface area contributed by atoms with Gasteiger partial charge >= 0.3 is 5.97 Å². The monoisotopic (exact) mass is 275 g/mol. The van der Waals surface area contributed by atoms with Crippen LogP contribution in [0.25, 0.3) is 10.9 Å². The normalized spacial score (nSPS) is 11.4. The number of fused-ring (bicyclic) bond motifs is 1. The molecule has 0 amide bonds. The summed E-state index contributed by atoms with van der Waals surface area (Å²) in [5.74, 6) is -0.900. The molecule has 0 fully saturated rings. The van der Waals surface area contributed by atoms with Crippen LogP contribution in [0.1, 0.15) is 35.5 Å². The molecule has 0 aliphatic heterocycles. The molecule has 0 saturated heterocycles. The number of carboxylic acids is 1. The molecule has 108 valence electrons. The number of carbonyl (C=O) groups is 1. The van der Waals surface area contributed by atoms with E-state index in [0.717, 1.165) is 22.0 Å². The van der Waals surface area contributed by atoms with Crippen molar-refractivity contribution in [3.8, 4) is 0 Å². The molecule has 4 nitrogen and oxygen atoms in total. The van der Waals surface area contributed by atoms with Crippen LogP contribution in [0.4, 0.5) is 0 Å². The largest absolute Gasteiger partial charge is 0.477 e. The van der Waals surface area contributed by atoms with Crippen LogP contribution in [0.2, 0.25) is 0 Å². The van der Waals surface area contributed by atoms with E-state index < -0.39 is 5.97 Å². The van der Waals surface area contributed by atoms with Crippen molar-refractivity contribution in [2.24, 2.45) is 0 Å². The van der Waals surface area contributed by atoms with Gasteiger partial charge in [-0.25, -0.2) is 4.79 Å². The van der Waals surface area contributed by atoms with Crippen LogP contribution in [0.5, 0.6) is 0 Å². The molecular weight excluding hydrogens is 254 g/mol. The Kier molecular flexibility index (Phi) is 4.14. The SMILES string of the molecule is Cc1cc(C)c2c(c1)cc(C(=O)O)n2CCOC(C)C. The van der Waals surface area contributed by atoms with E-state index in [1.54, 1.807) is 6.07 Å². The van der Waals surface area contributed by atoms with E-state index in [2.05, 4.69) is 6.07 Å². The maximum atomic E-state index is 11.4. The Morgan fingerprint density at radius 1 is 1.30 bits per heavy atom. The Morgan fingerprint density at radius 3 is 2.60 bits per heavy atom. The first-order chi connectivity index (χ1) is 9.40. The standard InChI is InChI=1S/C16H21NO3/c1-10(2)20-6-5-17-14(16(18)19)9-13-8-11(3)7-12(4)15(13)17/h7-10H,5-6H2,1-4H3,(H,18,19). The average molecular weight is 275 g/mol. The number of hydrogen-bond donors (Lipinski definition) is 1. The minimum atomic E-state index is -0.900. The zero-order chi connectivity index (χ0) is 14.9. The van der Waals surface area contributed by atoms with Gasteiger partial charge in [0, 0.05) is 11.9 Å². The quantitative estimate of drug-likeness (QED) is 0.910. The molecule has 1 aromatic heterocycles. The molecular formula is C16H21NO3. The molecule has 4 heteroatoms. The number of aryl methyl sites for hydroxylation is 2. The molecule has 2 aromatic rings. The lowest BCUT2D eigenvalue weighted by Gasteiger charge is -2.12. The van der Waals surface area contributed by atoms with Gasteiger partial charge in [0.25, 0.3) is 0 Å². The maximum Gasteiger partial charge on any atom is 0.352 e. The number of aromatic carboxylic acids is 1. The third-order valence-electron chi connectivity index (χ3n) is 3.31. The topological polar surface area (TPSA) is 51.5 Å². The van der Waals surface area contributed by atoms with Crippen molar-refractivity contribution in [1.82, 2.24) is 4.57 Å². The summed E-state index contributed by atoms with van der Waals surface area (Å²) in [5, 5.41) is 10.4. The van der Waals surface area contributed by atoms with Crippen LogP contribution in [-0.2, 0) is 11.3 Å². The van der Waals surface area contributed by atoms with Crippen molar-refractivity contribution >= 4 is 16.9 Å². The summed E-state index contributed by atoms with van der Waals surface area (Å²) in [6.07, 6.45) is 0.147. The van der Waals surface area contributed by atoms with Gasteiger partial charge in [0.2, 0.25) is 0 Å². The fraction of sp³-hybridized carbons (Fsp3) is 0.438. The lowest BCUT2D eigenvalue weighted by Crippen LogP contribution is -2.15. The Hall–Kier alpha value is -1.81. The molecule has 0 bridgehead atoms. The van der Waals surface area contributed by atoms with Crippen LogP contribution in [0.15, 0.2) is 18.2 Å². The highest BCUT2D eigenvalue weighted by molar-refractivity contribution is 5.96. The van der Waals surface area contributed by atoms with Crippen LogP contribution >= 0.6 is 0 Å². The average Bonchev–Trinajstić information content (AvgIpc) is 2.67. The van der Waals surface area contributed by atoms with Crippen LogP contribution in [0, 0.1) is 13.8 Å². The fourth-order valence-electron chi connectivity index (χ4n) is 2.61. The molecule has 20 heavy (non-hydrogen) atoms. The number of ether oxygens (including phenoxy) is 1. The number of aromatic nitrogens is 1. The van der Waals surface area contributed by atoms with Crippen LogP contribution < -0.4 is 0 Å². The molecule has 0 atom stereocenters. The van der Waals surface area contributed by atoms with E-state index in [1.807, 2.05) is 38.3 Å². The van der Waals surface area contributed by atoms with Crippen molar-refractivity contribution in [3.05, 3.63) is 35.0 Å². The van der Waals surface area contributed by atoms with E-state index in [0.29, 0.717) is 18.8 Å². The van der Waals surface area contributed by atoms with Crippen LogP contribution in [0.3, 0.4) is 0 Å². The number of carboxylic acid groups (broad SMARTS) is 1. The van der Waals surface area contributed by atoms with Crippen molar-refractivity contribution in [1.29, 1.82) is 0 Å². The molecule has 0 spiro atoms. The van der Waals surface area contributed by atoms with Gasteiger partial charge in [-0.3, -0.25) is 0 Å².